The molecule has 0 unspecified atom stereocenters. The van der Waals surface area contributed by atoms with Gasteiger partial charge in [0.1, 0.15) is 5.60 Å². The third kappa shape index (κ3) is 5.31. The highest BCUT2D eigenvalue weighted by Gasteiger charge is 2.29. The zero-order valence-corrected chi connectivity index (χ0v) is 21.9. The Morgan fingerprint density at radius 2 is 1.94 bits per heavy atom. The summed E-state index contributed by atoms with van der Waals surface area (Å²) in [6.45, 7) is 6.11. The minimum absolute atomic E-state index is 0.176. The van der Waals surface area contributed by atoms with Crippen LogP contribution in [0.5, 0.6) is 0 Å². The van der Waals surface area contributed by atoms with Crippen LogP contribution in [-0.2, 0) is 16.0 Å². The SMILES string of the molecule is CN(CCNC(=O)C1=C(c2cc3cc(Cl)ccc3[nH]2)Cc2cc(Br)ccc21)C(=O)OC(C)(C)C. The van der Waals surface area contributed by atoms with Gasteiger partial charge in [-0.3, -0.25) is 4.79 Å². The first-order valence-corrected chi connectivity index (χ1v) is 12.2. The Morgan fingerprint density at radius 1 is 1.18 bits per heavy atom. The number of aromatic amines is 1. The Kier molecular flexibility index (Phi) is 6.78. The normalized spacial score (nSPS) is 13.2. The molecule has 2 N–H and O–H groups in total. The highest BCUT2D eigenvalue weighted by Crippen LogP contribution is 2.40. The molecule has 0 saturated carbocycles. The molecule has 2 amide bonds. The van der Waals surface area contributed by atoms with Crippen molar-refractivity contribution < 1.29 is 14.3 Å². The minimum atomic E-state index is -0.569. The highest BCUT2D eigenvalue weighted by atomic mass is 79.9. The van der Waals surface area contributed by atoms with Gasteiger partial charge in [0.2, 0.25) is 0 Å². The van der Waals surface area contributed by atoms with Gasteiger partial charge in [-0.1, -0.05) is 33.6 Å². The molecule has 1 heterocycles. The number of rotatable bonds is 5. The number of amides is 2. The van der Waals surface area contributed by atoms with E-state index in [9.17, 15) is 9.59 Å². The molecule has 3 aromatic rings. The smallest absolute Gasteiger partial charge is 0.410 e. The van der Waals surface area contributed by atoms with Gasteiger partial charge in [0.15, 0.2) is 0 Å². The lowest BCUT2D eigenvalue weighted by Crippen LogP contribution is -2.39. The Labute approximate surface area is 212 Å². The van der Waals surface area contributed by atoms with Crippen molar-refractivity contribution in [2.45, 2.75) is 32.8 Å². The maximum absolute atomic E-state index is 13.4. The van der Waals surface area contributed by atoms with Crippen molar-refractivity contribution in [1.29, 1.82) is 0 Å². The first-order chi connectivity index (χ1) is 16.0. The number of ether oxygens (including phenoxy) is 1. The number of halogens is 2. The molecule has 0 radical (unpaired) electrons. The average molecular weight is 545 g/mol. The number of aromatic nitrogens is 1. The van der Waals surface area contributed by atoms with Crippen molar-refractivity contribution in [3.05, 3.63) is 68.8 Å². The van der Waals surface area contributed by atoms with E-state index in [4.69, 9.17) is 16.3 Å². The summed E-state index contributed by atoms with van der Waals surface area (Å²) < 4.78 is 6.34. The summed E-state index contributed by atoms with van der Waals surface area (Å²) in [5.41, 5.74) is 4.84. The van der Waals surface area contributed by atoms with E-state index in [1.54, 1.807) is 7.05 Å². The van der Waals surface area contributed by atoms with Gasteiger partial charge in [0, 0.05) is 52.7 Å². The van der Waals surface area contributed by atoms with Gasteiger partial charge in [0.05, 0.1) is 5.57 Å². The van der Waals surface area contributed by atoms with Crippen LogP contribution in [0, 0.1) is 0 Å². The second kappa shape index (κ2) is 9.47. The average Bonchev–Trinajstić information content (AvgIpc) is 3.32. The van der Waals surface area contributed by atoms with Crippen molar-refractivity contribution in [3.63, 3.8) is 0 Å². The van der Waals surface area contributed by atoms with Crippen molar-refractivity contribution in [3.8, 4) is 0 Å². The maximum Gasteiger partial charge on any atom is 0.410 e. The fourth-order valence-corrected chi connectivity index (χ4v) is 4.59. The zero-order valence-electron chi connectivity index (χ0n) is 19.6. The molecular formula is C26H27BrClN3O3. The van der Waals surface area contributed by atoms with Crippen molar-refractivity contribution in [2.24, 2.45) is 0 Å². The first kappa shape index (κ1) is 24.4. The van der Waals surface area contributed by atoms with Crippen molar-refractivity contribution >= 4 is 61.6 Å². The zero-order chi connectivity index (χ0) is 24.6. The molecule has 0 spiro atoms. The van der Waals surface area contributed by atoms with Gasteiger partial charge >= 0.3 is 6.09 Å². The number of allylic oxidation sites excluding steroid dienone is 1. The fourth-order valence-electron chi connectivity index (χ4n) is 4.01. The predicted molar refractivity (Wildman–Crippen MR) is 140 cm³/mol. The van der Waals surface area contributed by atoms with Crippen LogP contribution >= 0.6 is 27.5 Å². The summed E-state index contributed by atoms with van der Waals surface area (Å²) in [5, 5.41) is 4.63. The molecule has 1 aromatic heterocycles. The molecule has 178 valence electrons. The molecule has 6 nitrogen and oxygen atoms in total. The van der Waals surface area contributed by atoms with Crippen LogP contribution in [0.25, 0.3) is 22.0 Å². The molecule has 34 heavy (non-hydrogen) atoms. The van der Waals surface area contributed by atoms with Crippen molar-refractivity contribution in [2.75, 3.05) is 20.1 Å². The quantitative estimate of drug-likeness (QED) is 0.412. The van der Waals surface area contributed by atoms with Gasteiger partial charge in [-0.05, 0) is 73.9 Å². The van der Waals surface area contributed by atoms with Gasteiger partial charge in [0.25, 0.3) is 5.91 Å². The van der Waals surface area contributed by atoms with Crippen LogP contribution in [0.2, 0.25) is 5.02 Å². The van der Waals surface area contributed by atoms with Crippen LogP contribution in [0.4, 0.5) is 4.79 Å². The van der Waals surface area contributed by atoms with E-state index in [2.05, 4.69) is 26.2 Å². The molecule has 4 rings (SSSR count). The third-order valence-electron chi connectivity index (χ3n) is 5.58. The number of hydrogen-bond donors (Lipinski definition) is 2. The monoisotopic (exact) mass is 543 g/mol. The number of carbonyl (C=O) groups excluding carboxylic acids is 2. The van der Waals surface area contributed by atoms with Gasteiger partial charge in [-0.15, -0.1) is 0 Å². The number of nitrogens with one attached hydrogen (secondary N) is 2. The highest BCUT2D eigenvalue weighted by molar-refractivity contribution is 9.10. The number of carbonyl (C=O) groups is 2. The van der Waals surface area contributed by atoms with E-state index < -0.39 is 11.7 Å². The van der Waals surface area contributed by atoms with Crippen LogP contribution in [0.3, 0.4) is 0 Å². The summed E-state index contributed by atoms with van der Waals surface area (Å²) in [4.78, 5) is 30.5. The first-order valence-electron chi connectivity index (χ1n) is 11.0. The number of nitrogens with zero attached hydrogens (tertiary/aromatic N) is 1. The summed E-state index contributed by atoms with van der Waals surface area (Å²) in [7, 11) is 1.66. The van der Waals surface area contributed by atoms with Gasteiger partial charge in [-0.25, -0.2) is 4.79 Å². The minimum Gasteiger partial charge on any atom is -0.444 e. The van der Waals surface area contributed by atoms with Crippen LogP contribution in [-0.4, -0.2) is 47.6 Å². The molecule has 1 aliphatic carbocycles. The van der Waals surface area contributed by atoms with E-state index in [0.29, 0.717) is 30.1 Å². The van der Waals surface area contributed by atoms with E-state index in [1.807, 2.05) is 63.2 Å². The van der Waals surface area contributed by atoms with E-state index >= 15 is 0 Å². The van der Waals surface area contributed by atoms with Crippen LogP contribution in [0.1, 0.15) is 37.6 Å². The molecule has 0 fully saturated rings. The summed E-state index contributed by atoms with van der Waals surface area (Å²) in [6, 6.07) is 13.7. The molecule has 0 atom stereocenters. The lowest BCUT2D eigenvalue weighted by Gasteiger charge is -2.24. The predicted octanol–water partition coefficient (Wildman–Crippen LogP) is 6.03. The number of benzene rings is 2. The van der Waals surface area contributed by atoms with Gasteiger partial charge in [-0.2, -0.15) is 0 Å². The second-order valence-corrected chi connectivity index (χ2v) is 10.8. The molecule has 8 heteroatoms. The number of H-pyrrole nitrogens is 1. The summed E-state index contributed by atoms with van der Waals surface area (Å²) in [5.74, 6) is -0.176. The van der Waals surface area contributed by atoms with E-state index in [0.717, 1.165) is 37.8 Å². The fraction of sp³-hybridized carbons (Fsp3) is 0.308. The standard InChI is InChI=1S/C26H27BrClN3O3/c1-26(2,3)34-25(33)31(4)10-9-29-24(32)23-19-7-5-17(27)11-15(19)13-20(23)22-14-16-12-18(28)6-8-21(16)30-22/h5-8,11-12,14,30H,9-10,13H2,1-4H3,(H,29,32). The lowest BCUT2D eigenvalue weighted by atomic mass is 10.0. The summed E-state index contributed by atoms with van der Waals surface area (Å²) in [6.07, 6.45) is 0.213. The Bertz CT molecular complexity index is 1310. The second-order valence-electron chi connectivity index (χ2n) is 9.40. The lowest BCUT2D eigenvalue weighted by molar-refractivity contribution is -0.115. The Hall–Kier alpha value is -2.77. The molecule has 0 bridgehead atoms. The van der Waals surface area contributed by atoms with Crippen LogP contribution < -0.4 is 5.32 Å². The topological polar surface area (TPSA) is 74.4 Å². The Morgan fingerprint density at radius 3 is 2.68 bits per heavy atom. The molecule has 1 aliphatic rings. The molecule has 0 aliphatic heterocycles. The van der Waals surface area contributed by atoms with Gasteiger partial charge < -0.3 is 19.9 Å². The van der Waals surface area contributed by atoms with E-state index in [1.165, 1.54) is 4.90 Å². The van der Waals surface area contributed by atoms with E-state index in [-0.39, 0.29) is 5.91 Å². The number of hydrogen-bond acceptors (Lipinski definition) is 3. The Balaban J connectivity index is 1.57. The number of likely N-dealkylation sites (N-methyl/N-ethyl adjacent to an activating group) is 1. The number of fused-ring (bicyclic) bond motifs is 2. The molecule has 2 aromatic carbocycles. The largest absolute Gasteiger partial charge is 0.444 e. The molecule has 0 saturated heterocycles. The summed E-state index contributed by atoms with van der Waals surface area (Å²) >= 11 is 9.70. The third-order valence-corrected chi connectivity index (χ3v) is 6.31. The maximum atomic E-state index is 13.4. The molecular weight excluding hydrogens is 518 g/mol. The van der Waals surface area contributed by atoms with Crippen molar-refractivity contribution in [1.82, 2.24) is 15.2 Å². The van der Waals surface area contributed by atoms with Crippen LogP contribution in [0.15, 0.2) is 46.9 Å².